The van der Waals surface area contributed by atoms with Crippen molar-refractivity contribution in [3.63, 3.8) is 0 Å². The first-order valence-corrected chi connectivity index (χ1v) is 6.60. The maximum atomic E-state index is 4.23. The fourth-order valence-corrected chi connectivity index (χ4v) is 2.13. The first kappa shape index (κ1) is 13.5. The third-order valence-electron chi connectivity index (χ3n) is 3.15. The molecule has 1 N–H and O–H groups in total. The number of imidazole rings is 1. The average molecular weight is 258 g/mol. The number of hydrogen-bond acceptors (Lipinski definition) is 3. The van der Waals surface area contributed by atoms with Gasteiger partial charge in [-0.1, -0.05) is 12.1 Å². The first-order valence-electron chi connectivity index (χ1n) is 6.60. The van der Waals surface area contributed by atoms with E-state index < -0.39 is 0 Å². The van der Waals surface area contributed by atoms with Crippen molar-refractivity contribution in [1.29, 1.82) is 0 Å². The van der Waals surface area contributed by atoms with E-state index >= 15 is 0 Å². The molecule has 0 saturated carbocycles. The smallest absolute Gasteiger partial charge is 0.0951 e. The molecule has 4 heteroatoms. The van der Waals surface area contributed by atoms with E-state index in [1.807, 2.05) is 12.5 Å². The largest absolute Gasteiger partial charge is 0.378 e. The van der Waals surface area contributed by atoms with E-state index in [2.05, 4.69) is 72.0 Å². The molecule has 1 heterocycles. The standard InChI is InChI=1S/C15H22N4/c1-12(2)19-11-16-9-13(19)10-17-14-7-5-6-8-15(14)18(3)4/h5-9,11-12,17H,10H2,1-4H3. The van der Waals surface area contributed by atoms with Gasteiger partial charge in [0.15, 0.2) is 0 Å². The van der Waals surface area contributed by atoms with Crippen LogP contribution >= 0.6 is 0 Å². The van der Waals surface area contributed by atoms with Crippen LogP contribution in [0.2, 0.25) is 0 Å². The Hall–Kier alpha value is -1.97. The Morgan fingerprint density at radius 2 is 2.00 bits per heavy atom. The average Bonchev–Trinajstić information content (AvgIpc) is 2.85. The van der Waals surface area contributed by atoms with Gasteiger partial charge in [-0.25, -0.2) is 4.98 Å². The monoisotopic (exact) mass is 258 g/mol. The van der Waals surface area contributed by atoms with Crippen molar-refractivity contribution in [3.05, 3.63) is 42.5 Å². The number of nitrogens with zero attached hydrogens (tertiary/aromatic N) is 3. The Balaban J connectivity index is 2.13. The number of hydrogen-bond donors (Lipinski definition) is 1. The van der Waals surface area contributed by atoms with Gasteiger partial charge < -0.3 is 14.8 Å². The van der Waals surface area contributed by atoms with Gasteiger partial charge >= 0.3 is 0 Å². The summed E-state index contributed by atoms with van der Waals surface area (Å²) in [5, 5.41) is 3.49. The van der Waals surface area contributed by atoms with Gasteiger partial charge in [0.25, 0.3) is 0 Å². The summed E-state index contributed by atoms with van der Waals surface area (Å²) in [6.07, 6.45) is 3.81. The highest BCUT2D eigenvalue weighted by Crippen LogP contribution is 2.24. The molecule has 2 rings (SSSR count). The molecule has 0 unspecified atom stereocenters. The fraction of sp³-hybridized carbons (Fsp3) is 0.400. The fourth-order valence-electron chi connectivity index (χ4n) is 2.13. The third-order valence-corrected chi connectivity index (χ3v) is 3.15. The molecule has 0 aliphatic rings. The molecule has 1 aromatic carbocycles. The van der Waals surface area contributed by atoms with Crippen molar-refractivity contribution in [2.75, 3.05) is 24.3 Å². The Morgan fingerprint density at radius 1 is 1.26 bits per heavy atom. The lowest BCUT2D eigenvalue weighted by atomic mass is 10.2. The molecule has 0 bridgehead atoms. The minimum atomic E-state index is 0.434. The summed E-state index contributed by atoms with van der Waals surface area (Å²) in [6, 6.07) is 8.75. The Labute approximate surface area is 115 Å². The number of aromatic nitrogens is 2. The molecule has 102 valence electrons. The SMILES string of the molecule is CC(C)n1cncc1CNc1ccccc1N(C)C. The maximum absolute atomic E-state index is 4.23. The molecule has 0 spiro atoms. The highest BCUT2D eigenvalue weighted by atomic mass is 15.1. The van der Waals surface area contributed by atoms with Gasteiger partial charge in [0.05, 0.1) is 29.9 Å². The number of benzene rings is 1. The Bertz CT molecular complexity index is 528. The highest BCUT2D eigenvalue weighted by molar-refractivity contribution is 5.69. The van der Waals surface area contributed by atoms with E-state index in [0.717, 1.165) is 12.2 Å². The second kappa shape index (κ2) is 5.78. The van der Waals surface area contributed by atoms with E-state index in [1.54, 1.807) is 0 Å². The van der Waals surface area contributed by atoms with Crippen molar-refractivity contribution in [2.24, 2.45) is 0 Å². The quantitative estimate of drug-likeness (QED) is 0.894. The maximum Gasteiger partial charge on any atom is 0.0951 e. The Morgan fingerprint density at radius 3 is 2.68 bits per heavy atom. The molecule has 0 saturated heterocycles. The summed E-state index contributed by atoms with van der Waals surface area (Å²) in [4.78, 5) is 6.34. The second-order valence-electron chi connectivity index (χ2n) is 5.15. The van der Waals surface area contributed by atoms with Gasteiger partial charge in [0, 0.05) is 26.3 Å². The van der Waals surface area contributed by atoms with Gasteiger partial charge in [-0.15, -0.1) is 0 Å². The molecule has 0 atom stereocenters. The second-order valence-corrected chi connectivity index (χ2v) is 5.15. The number of anilines is 2. The lowest BCUT2D eigenvalue weighted by Gasteiger charge is -2.19. The number of nitrogens with one attached hydrogen (secondary N) is 1. The van der Waals surface area contributed by atoms with Crippen LogP contribution in [0.1, 0.15) is 25.6 Å². The van der Waals surface area contributed by atoms with Crippen molar-refractivity contribution in [3.8, 4) is 0 Å². The van der Waals surface area contributed by atoms with Crippen molar-refractivity contribution < 1.29 is 0 Å². The van der Waals surface area contributed by atoms with E-state index in [1.165, 1.54) is 11.4 Å². The minimum Gasteiger partial charge on any atom is -0.378 e. The molecule has 19 heavy (non-hydrogen) atoms. The van der Waals surface area contributed by atoms with Crippen molar-refractivity contribution in [1.82, 2.24) is 9.55 Å². The predicted molar refractivity (Wildman–Crippen MR) is 80.7 cm³/mol. The Kier molecular flexibility index (Phi) is 4.10. The molecule has 0 aliphatic heterocycles. The lowest BCUT2D eigenvalue weighted by molar-refractivity contribution is 0.577. The molecular weight excluding hydrogens is 236 g/mol. The normalized spacial score (nSPS) is 10.8. The third kappa shape index (κ3) is 3.08. The van der Waals surface area contributed by atoms with Crippen LogP contribution < -0.4 is 10.2 Å². The van der Waals surface area contributed by atoms with Crippen molar-refractivity contribution in [2.45, 2.75) is 26.4 Å². The van der Waals surface area contributed by atoms with Crippen LogP contribution in [0.5, 0.6) is 0 Å². The van der Waals surface area contributed by atoms with Gasteiger partial charge in [0.2, 0.25) is 0 Å². The molecule has 0 aliphatic carbocycles. The summed E-state index contributed by atoms with van der Waals surface area (Å²) in [5.74, 6) is 0. The number of rotatable bonds is 5. The number of para-hydroxylation sites is 2. The lowest BCUT2D eigenvalue weighted by Crippen LogP contribution is -2.13. The summed E-state index contributed by atoms with van der Waals surface area (Å²) in [5.41, 5.74) is 3.53. The summed E-state index contributed by atoms with van der Waals surface area (Å²) in [6.45, 7) is 5.11. The molecule has 4 nitrogen and oxygen atoms in total. The first-order chi connectivity index (χ1) is 9.09. The zero-order valence-corrected chi connectivity index (χ0v) is 12.1. The molecule has 2 aromatic rings. The minimum absolute atomic E-state index is 0.434. The molecule has 1 aromatic heterocycles. The van der Waals surface area contributed by atoms with Crippen LogP contribution in [0.15, 0.2) is 36.8 Å². The van der Waals surface area contributed by atoms with Gasteiger partial charge in [-0.3, -0.25) is 0 Å². The topological polar surface area (TPSA) is 33.1 Å². The van der Waals surface area contributed by atoms with E-state index in [-0.39, 0.29) is 0 Å². The molecule has 0 radical (unpaired) electrons. The molecule has 0 amide bonds. The van der Waals surface area contributed by atoms with E-state index in [9.17, 15) is 0 Å². The van der Waals surface area contributed by atoms with Crippen LogP contribution in [-0.4, -0.2) is 23.6 Å². The van der Waals surface area contributed by atoms with Gasteiger partial charge in [0.1, 0.15) is 0 Å². The van der Waals surface area contributed by atoms with E-state index in [0.29, 0.717) is 6.04 Å². The van der Waals surface area contributed by atoms with Crippen LogP contribution in [0.25, 0.3) is 0 Å². The van der Waals surface area contributed by atoms with Crippen LogP contribution in [0.4, 0.5) is 11.4 Å². The van der Waals surface area contributed by atoms with Crippen LogP contribution in [0, 0.1) is 0 Å². The van der Waals surface area contributed by atoms with Crippen LogP contribution in [0.3, 0.4) is 0 Å². The molecule has 0 fully saturated rings. The summed E-state index contributed by atoms with van der Waals surface area (Å²) < 4.78 is 2.19. The van der Waals surface area contributed by atoms with Crippen LogP contribution in [-0.2, 0) is 6.54 Å². The van der Waals surface area contributed by atoms with Gasteiger partial charge in [-0.05, 0) is 26.0 Å². The summed E-state index contributed by atoms with van der Waals surface area (Å²) >= 11 is 0. The van der Waals surface area contributed by atoms with Crippen molar-refractivity contribution >= 4 is 11.4 Å². The highest BCUT2D eigenvalue weighted by Gasteiger charge is 2.07. The zero-order valence-electron chi connectivity index (χ0n) is 12.1. The predicted octanol–water partition coefficient (Wildman–Crippen LogP) is 3.14. The summed E-state index contributed by atoms with van der Waals surface area (Å²) in [7, 11) is 4.11. The van der Waals surface area contributed by atoms with Gasteiger partial charge in [-0.2, -0.15) is 0 Å². The zero-order chi connectivity index (χ0) is 13.8. The molecular formula is C15H22N4. The van der Waals surface area contributed by atoms with E-state index in [4.69, 9.17) is 0 Å².